The van der Waals surface area contributed by atoms with Gasteiger partial charge in [0.15, 0.2) is 23.0 Å². The first-order valence-electron chi connectivity index (χ1n) is 7.34. The number of rotatable bonds is 4. The molecule has 0 bridgehead atoms. The number of carbonyl (C=O) groups is 1. The van der Waals surface area contributed by atoms with E-state index in [9.17, 15) is 15.0 Å². The standard InChI is InChI=1S/C17H16N2O5/c20-13-3-1-12(7-14(13)21)10-18-19-17(22)9-11-2-4-15-16(8-11)24-6-5-23-15/h1-4,7-8,10,20-21H,5-6,9H2,(H,19,22)/b18-10+. The Hall–Kier alpha value is -3.22. The van der Waals surface area contributed by atoms with Crippen molar-refractivity contribution in [2.24, 2.45) is 5.10 Å². The third-order valence-electron chi connectivity index (χ3n) is 3.37. The van der Waals surface area contributed by atoms with Gasteiger partial charge in [0.05, 0.1) is 12.6 Å². The number of phenolic OH excluding ortho intramolecular Hbond substituents is 2. The van der Waals surface area contributed by atoms with E-state index in [1.165, 1.54) is 18.3 Å². The Morgan fingerprint density at radius 2 is 1.88 bits per heavy atom. The Kier molecular flexibility index (Phi) is 4.51. The number of nitrogens with one attached hydrogen (secondary N) is 1. The number of ether oxygens (including phenoxy) is 2. The molecule has 0 radical (unpaired) electrons. The Labute approximate surface area is 138 Å². The number of hydrogen-bond donors (Lipinski definition) is 3. The van der Waals surface area contributed by atoms with E-state index in [1.54, 1.807) is 24.3 Å². The monoisotopic (exact) mass is 328 g/mol. The molecule has 1 heterocycles. The molecule has 0 atom stereocenters. The molecule has 2 aromatic carbocycles. The van der Waals surface area contributed by atoms with Crippen molar-refractivity contribution in [3.8, 4) is 23.0 Å². The molecule has 1 aliphatic heterocycles. The summed E-state index contributed by atoms with van der Waals surface area (Å²) < 4.78 is 10.9. The number of phenols is 2. The largest absolute Gasteiger partial charge is 0.504 e. The first-order chi connectivity index (χ1) is 11.6. The summed E-state index contributed by atoms with van der Waals surface area (Å²) in [5, 5.41) is 22.4. The number of benzene rings is 2. The van der Waals surface area contributed by atoms with E-state index in [2.05, 4.69) is 10.5 Å². The van der Waals surface area contributed by atoms with Crippen LogP contribution in [0.5, 0.6) is 23.0 Å². The van der Waals surface area contributed by atoms with Crippen LogP contribution in [0.2, 0.25) is 0 Å². The minimum absolute atomic E-state index is 0.148. The third-order valence-corrected chi connectivity index (χ3v) is 3.37. The van der Waals surface area contributed by atoms with E-state index in [0.29, 0.717) is 30.3 Å². The van der Waals surface area contributed by atoms with Crippen molar-refractivity contribution in [2.75, 3.05) is 13.2 Å². The lowest BCUT2D eigenvalue weighted by Crippen LogP contribution is -2.20. The fourth-order valence-corrected chi connectivity index (χ4v) is 2.22. The summed E-state index contributed by atoms with van der Waals surface area (Å²) in [4.78, 5) is 11.9. The normalized spacial score (nSPS) is 13.0. The Morgan fingerprint density at radius 1 is 1.08 bits per heavy atom. The van der Waals surface area contributed by atoms with E-state index < -0.39 is 0 Å². The summed E-state index contributed by atoms with van der Waals surface area (Å²) in [6.07, 6.45) is 1.52. The fourth-order valence-electron chi connectivity index (χ4n) is 2.22. The van der Waals surface area contributed by atoms with Crippen LogP contribution in [0.1, 0.15) is 11.1 Å². The van der Waals surface area contributed by atoms with Gasteiger partial charge in [-0.2, -0.15) is 5.10 Å². The van der Waals surface area contributed by atoms with Crippen LogP contribution in [0.15, 0.2) is 41.5 Å². The maximum absolute atomic E-state index is 11.9. The highest BCUT2D eigenvalue weighted by molar-refractivity contribution is 5.84. The van der Waals surface area contributed by atoms with Gasteiger partial charge >= 0.3 is 0 Å². The molecule has 0 aliphatic carbocycles. The quantitative estimate of drug-likeness (QED) is 0.449. The van der Waals surface area contributed by atoms with E-state index >= 15 is 0 Å². The summed E-state index contributed by atoms with van der Waals surface area (Å²) in [6, 6.07) is 9.59. The molecular formula is C17H16N2O5. The van der Waals surface area contributed by atoms with E-state index in [-0.39, 0.29) is 23.8 Å². The van der Waals surface area contributed by atoms with Gasteiger partial charge < -0.3 is 19.7 Å². The second-order valence-corrected chi connectivity index (χ2v) is 5.20. The third kappa shape index (κ3) is 3.75. The Morgan fingerprint density at radius 3 is 2.67 bits per heavy atom. The van der Waals surface area contributed by atoms with Crippen molar-refractivity contribution < 1.29 is 24.5 Å². The molecule has 0 spiro atoms. The average Bonchev–Trinajstić information content (AvgIpc) is 2.58. The zero-order valence-electron chi connectivity index (χ0n) is 12.7. The molecule has 3 N–H and O–H groups in total. The molecule has 7 nitrogen and oxygen atoms in total. The number of aromatic hydroxyl groups is 2. The molecular weight excluding hydrogens is 312 g/mol. The van der Waals surface area contributed by atoms with Gasteiger partial charge in [-0.3, -0.25) is 4.79 Å². The number of hydrazone groups is 1. The van der Waals surface area contributed by atoms with Crippen LogP contribution in [0.25, 0.3) is 0 Å². The predicted molar refractivity (Wildman–Crippen MR) is 86.6 cm³/mol. The maximum Gasteiger partial charge on any atom is 0.244 e. The van der Waals surface area contributed by atoms with Gasteiger partial charge in [0.25, 0.3) is 0 Å². The van der Waals surface area contributed by atoms with Crippen LogP contribution >= 0.6 is 0 Å². The van der Waals surface area contributed by atoms with Gasteiger partial charge in [-0.15, -0.1) is 0 Å². The van der Waals surface area contributed by atoms with Gasteiger partial charge in [-0.25, -0.2) is 5.43 Å². The summed E-state index contributed by atoms with van der Waals surface area (Å²) in [6.45, 7) is 1.01. The molecule has 1 amide bonds. The van der Waals surface area contributed by atoms with Gasteiger partial charge in [0, 0.05) is 0 Å². The molecule has 24 heavy (non-hydrogen) atoms. The molecule has 0 aromatic heterocycles. The summed E-state index contributed by atoms with van der Waals surface area (Å²) >= 11 is 0. The lowest BCUT2D eigenvalue weighted by Gasteiger charge is -2.18. The van der Waals surface area contributed by atoms with Gasteiger partial charge in [-0.1, -0.05) is 6.07 Å². The predicted octanol–water partition coefficient (Wildman–Crippen LogP) is 1.56. The number of amides is 1. The van der Waals surface area contributed by atoms with Crippen molar-refractivity contribution in [2.45, 2.75) is 6.42 Å². The van der Waals surface area contributed by atoms with Crippen molar-refractivity contribution in [3.05, 3.63) is 47.5 Å². The lowest BCUT2D eigenvalue weighted by atomic mass is 10.1. The van der Waals surface area contributed by atoms with Crippen LogP contribution < -0.4 is 14.9 Å². The van der Waals surface area contributed by atoms with Crippen LogP contribution in [0.3, 0.4) is 0 Å². The first-order valence-corrected chi connectivity index (χ1v) is 7.34. The lowest BCUT2D eigenvalue weighted by molar-refractivity contribution is -0.120. The summed E-state index contributed by atoms with van der Waals surface area (Å²) in [5.74, 6) is 0.562. The number of nitrogens with zero attached hydrogens (tertiary/aromatic N) is 1. The molecule has 3 rings (SSSR count). The van der Waals surface area contributed by atoms with Gasteiger partial charge in [-0.05, 0) is 41.5 Å². The molecule has 1 aliphatic rings. The molecule has 0 saturated carbocycles. The Balaban J connectivity index is 1.57. The van der Waals surface area contributed by atoms with E-state index in [1.807, 2.05) is 0 Å². The second-order valence-electron chi connectivity index (χ2n) is 5.20. The zero-order valence-corrected chi connectivity index (χ0v) is 12.7. The van der Waals surface area contributed by atoms with E-state index in [0.717, 1.165) is 5.56 Å². The van der Waals surface area contributed by atoms with Crippen molar-refractivity contribution >= 4 is 12.1 Å². The highest BCUT2D eigenvalue weighted by Crippen LogP contribution is 2.30. The maximum atomic E-state index is 11.9. The highest BCUT2D eigenvalue weighted by atomic mass is 16.6. The van der Waals surface area contributed by atoms with Gasteiger partial charge in [0.2, 0.25) is 5.91 Å². The fraction of sp³-hybridized carbons (Fsp3) is 0.176. The molecule has 0 saturated heterocycles. The van der Waals surface area contributed by atoms with Crippen LogP contribution in [0, 0.1) is 0 Å². The minimum Gasteiger partial charge on any atom is -0.504 e. The summed E-state index contributed by atoms with van der Waals surface area (Å²) in [5.41, 5.74) is 3.74. The van der Waals surface area contributed by atoms with Crippen LogP contribution in [0.4, 0.5) is 0 Å². The Bertz CT molecular complexity index is 789. The van der Waals surface area contributed by atoms with E-state index in [4.69, 9.17) is 9.47 Å². The number of carbonyl (C=O) groups excluding carboxylic acids is 1. The summed E-state index contributed by atoms with van der Waals surface area (Å²) in [7, 11) is 0. The van der Waals surface area contributed by atoms with Crippen molar-refractivity contribution in [1.29, 1.82) is 0 Å². The van der Waals surface area contributed by atoms with Crippen LogP contribution in [-0.4, -0.2) is 35.5 Å². The van der Waals surface area contributed by atoms with Crippen LogP contribution in [-0.2, 0) is 11.2 Å². The number of fused-ring (bicyclic) bond motifs is 1. The molecule has 7 heteroatoms. The topological polar surface area (TPSA) is 100 Å². The molecule has 0 fully saturated rings. The minimum atomic E-state index is -0.286. The van der Waals surface area contributed by atoms with Gasteiger partial charge in [0.1, 0.15) is 13.2 Å². The average molecular weight is 328 g/mol. The SMILES string of the molecule is O=C(Cc1ccc2c(c1)OCCO2)N/N=C/c1ccc(O)c(O)c1. The molecule has 124 valence electrons. The smallest absolute Gasteiger partial charge is 0.244 e. The molecule has 2 aromatic rings. The van der Waals surface area contributed by atoms with Crippen molar-refractivity contribution in [1.82, 2.24) is 5.43 Å². The first kappa shape index (κ1) is 15.7. The zero-order chi connectivity index (χ0) is 16.9. The highest BCUT2D eigenvalue weighted by Gasteiger charge is 2.12. The molecule has 0 unspecified atom stereocenters. The van der Waals surface area contributed by atoms with Crippen molar-refractivity contribution in [3.63, 3.8) is 0 Å². The number of hydrogen-bond acceptors (Lipinski definition) is 6. The second kappa shape index (κ2) is 6.91.